The summed E-state index contributed by atoms with van der Waals surface area (Å²) in [7, 11) is 0. The third kappa shape index (κ3) is 7.04. The first kappa shape index (κ1) is 20.2. The van der Waals surface area contributed by atoms with E-state index >= 15 is 0 Å². The highest BCUT2D eigenvalue weighted by Crippen LogP contribution is 2.00. The van der Waals surface area contributed by atoms with Crippen LogP contribution >= 0.6 is 0 Å². The second-order valence-corrected chi connectivity index (χ2v) is 4.84. The maximum Gasteiger partial charge on any atom is 0.342 e. The van der Waals surface area contributed by atoms with Gasteiger partial charge in [0.05, 0.1) is 11.1 Å². The molecule has 2 aromatic rings. The molecule has 0 aliphatic heterocycles. The molecular formula is C18H14N2O8. The number of hydrogen-bond donors (Lipinski definition) is 0. The van der Waals surface area contributed by atoms with Crippen molar-refractivity contribution in [3.05, 3.63) is 72.3 Å². The molecule has 0 unspecified atom stereocenters. The van der Waals surface area contributed by atoms with Crippen LogP contribution in [0.1, 0.15) is 20.7 Å². The summed E-state index contributed by atoms with van der Waals surface area (Å²) in [6.45, 7) is -1.29. The van der Waals surface area contributed by atoms with Crippen LogP contribution in [-0.2, 0) is 28.5 Å². The van der Waals surface area contributed by atoms with Gasteiger partial charge in [-0.3, -0.25) is 9.97 Å². The third-order valence-corrected chi connectivity index (χ3v) is 2.93. The van der Waals surface area contributed by atoms with E-state index in [0.29, 0.717) is 0 Å². The molecule has 0 N–H and O–H groups in total. The summed E-state index contributed by atoms with van der Waals surface area (Å²) in [6.07, 6.45) is 7.09. The zero-order chi connectivity index (χ0) is 20.2. The molecule has 0 saturated heterocycles. The molecule has 0 aliphatic carbocycles. The lowest BCUT2D eigenvalue weighted by Gasteiger charge is -2.05. The second kappa shape index (κ2) is 10.8. The van der Waals surface area contributed by atoms with Crippen molar-refractivity contribution in [3.63, 3.8) is 0 Å². The minimum Gasteiger partial charge on any atom is -0.425 e. The maximum atomic E-state index is 11.6. The first-order chi connectivity index (χ1) is 13.6. The fourth-order valence-corrected chi connectivity index (χ4v) is 1.65. The summed E-state index contributed by atoms with van der Waals surface area (Å²) in [6, 6.07) is 6.05. The Balaban J connectivity index is 1.62. The summed E-state index contributed by atoms with van der Waals surface area (Å²) >= 11 is 0. The minimum absolute atomic E-state index is 0.193. The van der Waals surface area contributed by atoms with Crippen molar-refractivity contribution in [1.29, 1.82) is 0 Å². The molecule has 0 fully saturated rings. The molecule has 0 amide bonds. The van der Waals surface area contributed by atoms with Gasteiger partial charge >= 0.3 is 23.9 Å². The minimum atomic E-state index is -0.941. The van der Waals surface area contributed by atoms with Crippen molar-refractivity contribution in [2.75, 3.05) is 13.6 Å². The number of pyridine rings is 2. The van der Waals surface area contributed by atoms with Gasteiger partial charge in [-0.25, -0.2) is 19.2 Å². The van der Waals surface area contributed by atoms with Gasteiger partial charge in [-0.05, 0) is 24.3 Å². The molecule has 2 aromatic heterocycles. The van der Waals surface area contributed by atoms with E-state index in [9.17, 15) is 19.2 Å². The number of carbonyl (C=O) groups excluding carboxylic acids is 4. The van der Waals surface area contributed by atoms with Crippen molar-refractivity contribution in [2.24, 2.45) is 0 Å². The molecule has 10 nitrogen and oxygen atoms in total. The monoisotopic (exact) mass is 386 g/mol. The first-order valence-corrected chi connectivity index (χ1v) is 7.72. The zero-order valence-corrected chi connectivity index (χ0v) is 14.3. The Kier molecular flexibility index (Phi) is 7.81. The average molecular weight is 386 g/mol. The predicted molar refractivity (Wildman–Crippen MR) is 90.4 cm³/mol. The highest BCUT2D eigenvalue weighted by molar-refractivity contribution is 5.92. The van der Waals surface area contributed by atoms with Gasteiger partial charge in [-0.1, -0.05) is 0 Å². The molecule has 0 bridgehead atoms. The molecule has 0 saturated carbocycles. The fraction of sp³-hybridized carbons (Fsp3) is 0.111. The van der Waals surface area contributed by atoms with Crippen LogP contribution < -0.4 is 0 Å². The van der Waals surface area contributed by atoms with Gasteiger partial charge in [0.15, 0.2) is 0 Å². The van der Waals surface area contributed by atoms with E-state index in [1.807, 2.05) is 0 Å². The highest BCUT2D eigenvalue weighted by atomic mass is 16.7. The van der Waals surface area contributed by atoms with Gasteiger partial charge in [0.25, 0.3) is 0 Å². The SMILES string of the molecule is O=C(/C=C/C(=O)OCOC(=O)c1cccnc1)OCOC(=O)c1cccnc1. The van der Waals surface area contributed by atoms with E-state index in [4.69, 9.17) is 9.47 Å². The normalized spacial score (nSPS) is 10.1. The lowest BCUT2D eigenvalue weighted by molar-refractivity contribution is -0.149. The van der Waals surface area contributed by atoms with Gasteiger partial charge in [0.1, 0.15) is 0 Å². The van der Waals surface area contributed by atoms with Gasteiger partial charge in [0, 0.05) is 36.9 Å². The van der Waals surface area contributed by atoms with Crippen LogP contribution in [0.5, 0.6) is 0 Å². The number of aromatic nitrogens is 2. The Bertz CT molecular complexity index is 781. The van der Waals surface area contributed by atoms with Crippen molar-refractivity contribution in [1.82, 2.24) is 9.97 Å². The van der Waals surface area contributed by atoms with Gasteiger partial charge in [-0.2, -0.15) is 0 Å². The lowest BCUT2D eigenvalue weighted by atomic mass is 10.3. The van der Waals surface area contributed by atoms with Crippen LogP contribution in [0.4, 0.5) is 0 Å². The molecular weight excluding hydrogens is 372 g/mol. The lowest BCUT2D eigenvalue weighted by Crippen LogP contribution is -2.13. The molecule has 0 radical (unpaired) electrons. The Hall–Kier alpha value is -4.08. The molecule has 28 heavy (non-hydrogen) atoms. The van der Waals surface area contributed by atoms with E-state index in [2.05, 4.69) is 19.4 Å². The molecule has 0 atom stereocenters. The highest BCUT2D eigenvalue weighted by Gasteiger charge is 2.09. The number of carbonyl (C=O) groups is 4. The second-order valence-electron chi connectivity index (χ2n) is 4.84. The Morgan fingerprint density at radius 2 is 1.14 bits per heavy atom. The fourth-order valence-electron chi connectivity index (χ4n) is 1.65. The van der Waals surface area contributed by atoms with E-state index in [-0.39, 0.29) is 11.1 Å². The van der Waals surface area contributed by atoms with Crippen molar-refractivity contribution >= 4 is 23.9 Å². The summed E-state index contributed by atoms with van der Waals surface area (Å²) in [5.74, 6) is -3.33. The van der Waals surface area contributed by atoms with Crippen molar-refractivity contribution in [3.8, 4) is 0 Å². The molecule has 2 rings (SSSR count). The zero-order valence-electron chi connectivity index (χ0n) is 14.3. The maximum absolute atomic E-state index is 11.6. The summed E-state index contributed by atoms with van der Waals surface area (Å²) in [4.78, 5) is 53.5. The van der Waals surface area contributed by atoms with Crippen LogP contribution in [0, 0.1) is 0 Å². The number of ether oxygens (including phenoxy) is 4. The Morgan fingerprint density at radius 1 is 0.714 bits per heavy atom. The number of nitrogens with zero attached hydrogens (tertiary/aromatic N) is 2. The largest absolute Gasteiger partial charge is 0.425 e. The topological polar surface area (TPSA) is 131 Å². The van der Waals surface area contributed by atoms with Crippen LogP contribution in [0.25, 0.3) is 0 Å². The van der Waals surface area contributed by atoms with Crippen LogP contribution in [0.15, 0.2) is 61.2 Å². The van der Waals surface area contributed by atoms with Gasteiger partial charge < -0.3 is 18.9 Å². The quantitative estimate of drug-likeness (QED) is 0.368. The van der Waals surface area contributed by atoms with E-state index < -0.39 is 37.5 Å². The van der Waals surface area contributed by atoms with Crippen molar-refractivity contribution in [2.45, 2.75) is 0 Å². The predicted octanol–water partition coefficient (Wildman–Crippen LogP) is 1.05. The first-order valence-electron chi connectivity index (χ1n) is 7.72. The van der Waals surface area contributed by atoms with Gasteiger partial charge in [0.2, 0.25) is 13.6 Å². The Morgan fingerprint density at radius 3 is 1.50 bits per heavy atom. The van der Waals surface area contributed by atoms with Gasteiger partial charge in [-0.15, -0.1) is 0 Å². The van der Waals surface area contributed by atoms with Crippen LogP contribution in [0.3, 0.4) is 0 Å². The van der Waals surface area contributed by atoms with E-state index in [0.717, 1.165) is 12.2 Å². The van der Waals surface area contributed by atoms with Crippen molar-refractivity contribution < 1.29 is 38.1 Å². The smallest absolute Gasteiger partial charge is 0.342 e. The average Bonchev–Trinajstić information content (AvgIpc) is 2.73. The molecule has 0 aliphatic rings. The standard InChI is InChI=1S/C18H14N2O8/c21-15(25-11-27-17(23)13-3-1-7-19-9-13)5-6-16(22)26-12-28-18(24)14-4-2-8-20-10-14/h1-10H,11-12H2/b6-5+. The number of esters is 4. The Labute approximate surface area is 158 Å². The number of hydrogen-bond acceptors (Lipinski definition) is 10. The molecule has 0 aromatic carbocycles. The third-order valence-electron chi connectivity index (χ3n) is 2.93. The summed E-state index contributed by atoms with van der Waals surface area (Å²) < 4.78 is 18.6. The van der Waals surface area contributed by atoms with Crippen LogP contribution in [0.2, 0.25) is 0 Å². The van der Waals surface area contributed by atoms with E-state index in [1.165, 1.54) is 36.9 Å². The van der Waals surface area contributed by atoms with E-state index in [1.54, 1.807) is 12.1 Å². The number of rotatable bonds is 8. The summed E-state index contributed by atoms with van der Waals surface area (Å²) in [5, 5.41) is 0. The molecule has 10 heteroatoms. The molecule has 2 heterocycles. The van der Waals surface area contributed by atoms with Crippen LogP contribution in [-0.4, -0.2) is 47.4 Å². The molecule has 0 spiro atoms. The molecule has 144 valence electrons. The summed E-state index contributed by atoms with van der Waals surface area (Å²) in [5.41, 5.74) is 0.386.